The molecule has 0 bridgehead atoms. The zero-order valence-corrected chi connectivity index (χ0v) is 19.6. The number of benzene rings is 3. The molecule has 0 saturated heterocycles. The van der Waals surface area contributed by atoms with Crippen LogP contribution in [0.5, 0.6) is 0 Å². The Morgan fingerprint density at radius 3 is 2.47 bits per heavy atom. The lowest BCUT2D eigenvalue weighted by atomic mass is 10.1. The topological polar surface area (TPSA) is 52.2 Å². The Kier molecular flexibility index (Phi) is 4.65. The van der Waals surface area contributed by atoms with Crippen LogP contribution in [0.25, 0.3) is 39.0 Å². The van der Waals surface area contributed by atoms with E-state index in [2.05, 4.69) is 51.8 Å². The van der Waals surface area contributed by atoms with Gasteiger partial charge >= 0.3 is 0 Å². The van der Waals surface area contributed by atoms with Crippen LogP contribution in [-0.2, 0) is 0 Å². The number of rotatable bonds is 3. The molecule has 0 aliphatic heterocycles. The predicted molar refractivity (Wildman–Crippen MR) is 137 cm³/mol. The molecule has 0 aliphatic carbocycles. The summed E-state index contributed by atoms with van der Waals surface area (Å²) in [6, 6.07) is 25.9. The lowest BCUT2D eigenvalue weighted by molar-refractivity contribution is 0.884. The predicted octanol–water partition coefficient (Wildman–Crippen LogP) is 4.91. The van der Waals surface area contributed by atoms with Crippen LogP contribution in [0.2, 0.25) is 0 Å². The Hall–Kier alpha value is -3.30. The molecule has 0 atom stereocenters. The van der Waals surface area contributed by atoms with Crippen LogP contribution >= 0.6 is 33.9 Å². The molecule has 3 aromatic carbocycles. The van der Waals surface area contributed by atoms with Gasteiger partial charge in [-0.3, -0.25) is 4.79 Å². The molecule has 32 heavy (non-hydrogen) atoms. The largest absolute Gasteiger partial charge is 0.274 e. The fraction of sp³-hybridized carbons (Fsp3) is 0. The average molecular weight is 546 g/mol. The highest BCUT2D eigenvalue weighted by atomic mass is 127. The van der Waals surface area contributed by atoms with Crippen molar-refractivity contribution in [2.24, 2.45) is 0 Å². The zero-order chi connectivity index (χ0) is 21.7. The SMILES string of the molecule is O=c1/c(=C/c2cn(-c3ccccc3)nc2-c2ccc(I)cc2)sc2nc3ccccc3n12. The Balaban J connectivity index is 1.58. The number of para-hydroxylation sites is 3. The monoisotopic (exact) mass is 546 g/mol. The summed E-state index contributed by atoms with van der Waals surface area (Å²) in [5, 5.41) is 4.86. The summed E-state index contributed by atoms with van der Waals surface area (Å²) in [4.78, 5) is 18.6. The van der Waals surface area contributed by atoms with E-state index in [1.54, 1.807) is 4.40 Å². The molecule has 0 saturated carbocycles. The van der Waals surface area contributed by atoms with E-state index in [-0.39, 0.29) is 5.56 Å². The number of halogens is 1. The van der Waals surface area contributed by atoms with E-state index >= 15 is 0 Å². The van der Waals surface area contributed by atoms with Gasteiger partial charge < -0.3 is 0 Å². The van der Waals surface area contributed by atoms with Crippen LogP contribution in [0.15, 0.2) is 89.9 Å². The molecule has 0 fully saturated rings. The van der Waals surface area contributed by atoms with Crippen LogP contribution in [0.4, 0.5) is 0 Å². The van der Waals surface area contributed by atoms with Gasteiger partial charge in [0.05, 0.1) is 26.9 Å². The fourth-order valence-corrected chi connectivity index (χ4v) is 5.13. The molecular weight excluding hydrogens is 531 g/mol. The van der Waals surface area contributed by atoms with E-state index in [0.29, 0.717) is 9.49 Å². The second-order valence-electron chi connectivity index (χ2n) is 7.35. The molecule has 0 spiro atoms. The fourth-order valence-electron chi connectivity index (χ4n) is 3.79. The first kappa shape index (κ1) is 19.4. The van der Waals surface area contributed by atoms with Crippen LogP contribution in [-0.4, -0.2) is 19.2 Å². The summed E-state index contributed by atoms with van der Waals surface area (Å²) in [6.07, 6.45) is 3.90. The van der Waals surface area contributed by atoms with Gasteiger partial charge in [-0.05, 0) is 65.1 Å². The first-order chi connectivity index (χ1) is 15.7. The lowest BCUT2D eigenvalue weighted by Crippen LogP contribution is -2.22. The molecule has 3 aromatic heterocycles. The highest BCUT2D eigenvalue weighted by Crippen LogP contribution is 2.25. The summed E-state index contributed by atoms with van der Waals surface area (Å²) in [5.74, 6) is 0. The third-order valence-electron chi connectivity index (χ3n) is 5.31. The van der Waals surface area contributed by atoms with Crippen LogP contribution < -0.4 is 10.1 Å². The van der Waals surface area contributed by atoms with Crippen molar-refractivity contribution in [2.75, 3.05) is 0 Å². The van der Waals surface area contributed by atoms with E-state index < -0.39 is 0 Å². The molecule has 0 N–H and O–H groups in total. The van der Waals surface area contributed by atoms with Gasteiger partial charge in [0, 0.05) is 20.9 Å². The van der Waals surface area contributed by atoms with Crippen molar-refractivity contribution < 1.29 is 0 Å². The number of hydrogen-bond acceptors (Lipinski definition) is 4. The van der Waals surface area contributed by atoms with Crippen molar-refractivity contribution >= 4 is 56.0 Å². The molecule has 0 radical (unpaired) electrons. The molecule has 6 rings (SSSR count). The molecule has 7 heteroatoms. The van der Waals surface area contributed by atoms with Crippen LogP contribution in [0, 0.1) is 3.57 Å². The first-order valence-corrected chi connectivity index (χ1v) is 11.9. The molecule has 0 unspecified atom stereocenters. The van der Waals surface area contributed by atoms with Crippen molar-refractivity contribution in [2.45, 2.75) is 0 Å². The first-order valence-electron chi connectivity index (χ1n) is 10.0. The number of hydrogen-bond donors (Lipinski definition) is 0. The van der Waals surface area contributed by atoms with Gasteiger partial charge in [-0.1, -0.05) is 53.8 Å². The second kappa shape index (κ2) is 7.68. The van der Waals surface area contributed by atoms with Crippen molar-refractivity contribution in [1.82, 2.24) is 19.2 Å². The summed E-state index contributed by atoms with van der Waals surface area (Å²) in [5.41, 5.74) is 5.31. The number of fused-ring (bicyclic) bond motifs is 3. The highest BCUT2D eigenvalue weighted by Gasteiger charge is 2.14. The van der Waals surface area contributed by atoms with Crippen molar-refractivity contribution in [3.05, 3.63) is 109 Å². The number of imidazole rings is 1. The smallest absolute Gasteiger partial charge is 0.267 e. The maximum Gasteiger partial charge on any atom is 0.274 e. The molecular formula is C25H15IN4OS. The normalized spacial score (nSPS) is 12.2. The minimum atomic E-state index is -0.0558. The Morgan fingerprint density at radius 1 is 0.906 bits per heavy atom. The van der Waals surface area contributed by atoms with Crippen molar-refractivity contribution in [1.29, 1.82) is 0 Å². The summed E-state index contributed by atoms with van der Waals surface area (Å²) in [6.45, 7) is 0. The third kappa shape index (κ3) is 3.25. The minimum absolute atomic E-state index is 0.0558. The lowest BCUT2D eigenvalue weighted by Gasteiger charge is -2.00. The number of nitrogens with zero attached hydrogens (tertiary/aromatic N) is 4. The van der Waals surface area contributed by atoms with Gasteiger partial charge in [0.15, 0.2) is 4.96 Å². The van der Waals surface area contributed by atoms with Gasteiger partial charge in [0.25, 0.3) is 5.56 Å². The van der Waals surface area contributed by atoms with E-state index in [9.17, 15) is 4.79 Å². The summed E-state index contributed by atoms with van der Waals surface area (Å²) < 4.78 is 5.35. The quantitative estimate of drug-likeness (QED) is 0.297. The van der Waals surface area contributed by atoms with E-state index in [1.165, 1.54) is 11.3 Å². The number of aromatic nitrogens is 4. The van der Waals surface area contributed by atoms with E-state index in [0.717, 1.165) is 37.1 Å². The molecule has 3 heterocycles. The molecule has 5 nitrogen and oxygen atoms in total. The summed E-state index contributed by atoms with van der Waals surface area (Å²) in [7, 11) is 0. The zero-order valence-electron chi connectivity index (χ0n) is 16.6. The maximum atomic E-state index is 13.3. The molecule has 154 valence electrons. The second-order valence-corrected chi connectivity index (χ2v) is 9.61. The summed E-state index contributed by atoms with van der Waals surface area (Å²) >= 11 is 3.69. The minimum Gasteiger partial charge on any atom is -0.267 e. The van der Waals surface area contributed by atoms with Gasteiger partial charge in [-0.2, -0.15) is 5.10 Å². The Labute approximate surface area is 200 Å². The van der Waals surface area contributed by atoms with Crippen LogP contribution in [0.1, 0.15) is 5.56 Å². The molecule has 0 aliphatic rings. The van der Waals surface area contributed by atoms with Gasteiger partial charge in [0.1, 0.15) is 0 Å². The third-order valence-corrected chi connectivity index (χ3v) is 7.00. The molecule has 0 amide bonds. The van der Waals surface area contributed by atoms with Crippen LogP contribution in [0.3, 0.4) is 0 Å². The van der Waals surface area contributed by atoms with Gasteiger partial charge in [-0.25, -0.2) is 14.1 Å². The average Bonchev–Trinajstić information content (AvgIpc) is 3.48. The van der Waals surface area contributed by atoms with Gasteiger partial charge in [0.2, 0.25) is 0 Å². The Morgan fingerprint density at radius 2 is 1.66 bits per heavy atom. The standard InChI is InChI=1S/C25H15IN4OS/c26-18-12-10-16(11-13-18)23-17(15-29(28-23)19-6-2-1-3-7-19)14-22-24(31)30-21-9-5-4-8-20(21)27-25(30)32-22/h1-15H/b22-14-. The maximum absolute atomic E-state index is 13.3. The number of thiazole rings is 1. The highest BCUT2D eigenvalue weighted by molar-refractivity contribution is 14.1. The van der Waals surface area contributed by atoms with Gasteiger partial charge in [-0.15, -0.1) is 0 Å². The Bertz CT molecular complexity index is 1700. The van der Waals surface area contributed by atoms with E-state index in [1.807, 2.05) is 71.6 Å². The van der Waals surface area contributed by atoms with Crippen molar-refractivity contribution in [3.8, 4) is 16.9 Å². The van der Waals surface area contributed by atoms with E-state index in [4.69, 9.17) is 5.10 Å². The van der Waals surface area contributed by atoms with Crippen molar-refractivity contribution in [3.63, 3.8) is 0 Å². The molecule has 6 aromatic rings.